The van der Waals surface area contributed by atoms with Crippen LogP contribution in [0.25, 0.3) is 16.3 Å². The summed E-state index contributed by atoms with van der Waals surface area (Å²) in [5.41, 5.74) is 3.00. The first-order valence-corrected chi connectivity index (χ1v) is 11.1. The molecule has 4 aromatic rings. The Hall–Kier alpha value is -2.83. The number of thiazole rings is 1. The van der Waals surface area contributed by atoms with Crippen LogP contribution in [0.15, 0.2) is 66.2 Å². The van der Waals surface area contributed by atoms with Crippen molar-refractivity contribution in [1.29, 1.82) is 0 Å². The van der Waals surface area contributed by atoms with Crippen LogP contribution in [-0.4, -0.2) is 15.9 Å². The van der Waals surface area contributed by atoms with Gasteiger partial charge in [-0.05, 0) is 47.2 Å². The normalized spacial score (nSPS) is 11.6. The molecule has 6 heteroatoms. The first-order chi connectivity index (χ1) is 14.1. The highest BCUT2D eigenvalue weighted by molar-refractivity contribution is 7.22. The molecule has 3 aromatic heterocycles. The number of hydrogen-bond acceptors (Lipinski definition) is 5. The van der Waals surface area contributed by atoms with E-state index in [1.54, 1.807) is 39.8 Å². The molecule has 0 aliphatic heterocycles. The Balaban J connectivity index is 1.72. The summed E-state index contributed by atoms with van der Waals surface area (Å²) >= 11 is 3.15. The summed E-state index contributed by atoms with van der Waals surface area (Å²) in [6.07, 6.45) is 5.21. The predicted octanol–water partition coefficient (Wildman–Crippen LogP) is 6.12. The van der Waals surface area contributed by atoms with Crippen LogP contribution >= 0.6 is 22.7 Å². The molecule has 0 fully saturated rings. The lowest BCUT2D eigenvalue weighted by Crippen LogP contribution is -2.29. The van der Waals surface area contributed by atoms with Gasteiger partial charge < -0.3 is 0 Å². The summed E-state index contributed by atoms with van der Waals surface area (Å²) in [6.45, 7) is 4.70. The minimum atomic E-state index is -0.103. The van der Waals surface area contributed by atoms with Crippen LogP contribution in [0, 0.1) is 0 Å². The molecule has 0 N–H and O–H groups in total. The van der Waals surface area contributed by atoms with Crippen molar-refractivity contribution in [3.8, 4) is 0 Å². The number of rotatable bonds is 6. The van der Waals surface area contributed by atoms with Gasteiger partial charge in [0, 0.05) is 17.2 Å². The van der Waals surface area contributed by atoms with Gasteiger partial charge in [-0.15, -0.1) is 11.3 Å². The predicted molar refractivity (Wildman–Crippen MR) is 122 cm³/mol. The zero-order chi connectivity index (χ0) is 20.2. The minimum Gasteiger partial charge on any atom is -0.278 e. The second kappa shape index (κ2) is 8.68. The maximum atomic E-state index is 13.1. The van der Waals surface area contributed by atoms with Gasteiger partial charge in [0.15, 0.2) is 5.13 Å². The molecule has 4 nitrogen and oxygen atoms in total. The van der Waals surface area contributed by atoms with Crippen LogP contribution in [0.2, 0.25) is 0 Å². The van der Waals surface area contributed by atoms with Crippen LogP contribution in [0.1, 0.15) is 35.9 Å². The highest BCUT2D eigenvalue weighted by atomic mass is 32.1. The molecule has 0 aliphatic rings. The molecule has 1 aromatic carbocycles. The van der Waals surface area contributed by atoms with E-state index in [1.807, 2.05) is 41.8 Å². The Morgan fingerprint density at radius 2 is 2.03 bits per heavy atom. The average molecular weight is 420 g/mol. The molecule has 0 spiro atoms. The highest BCUT2D eigenvalue weighted by Crippen LogP contribution is 2.34. The van der Waals surface area contributed by atoms with Crippen molar-refractivity contribution >= 4 is 50.0 Å². The number of amides is 1. The molecule has 3 heterocycles. The number of nitrogens with zero attached hydrogens (tertiary/aromatic N) is 3. The fourth-order valence-corrected chi connectivity index (χ4v) is 4.69. The molecule has 146 valence electrons. The summed E-state index contributed by atoms with van der Waals surface area (Å²) < 4.78 is 1.09. The van der Waals surface area contributed by atoms with Crippen LogP contribution in [0.3, 0.4) is 0 Å². The fraction of sp³-hybridized carbons (Fsp3) is 0.174. The molecule has 29 heavy (non-hydrogen) atoms. The second-order valence-electron chi connectivity index (χ2n) is 6.94. The third-order valence-electron chi connectivity index (χ3n) is 4.54. The third kappa shape index (κ3) is 4.44. The van der Waals surface area contributed by atoms with E-state index in [-0.39, 0.29) is 5.91 Å². The fourth-order valence-electron chi connectivity index (χ4n) is 3.06. The van der Waals surface area contributed by atoms with Crippen LogP contribution in [0.4, 0.5) is 5.13 Å². The summed E-state index contributed by atoms with van der Waals surface area (Å²) in [5.74, 6) is 0.265. The molecule has 0 aliphatic carbocycles. The number of para-hydroxylation sites is 1. The van der Waals surface area contributed by atoms with Gasteiger partial charge in [0.2, 0.25) is 0 Å². The number of carbonyl (C=O) groups excluding carboxylic acids is 1. The number of fused-ring (bicyclic) bond motifs is 1. The van der Waals surface area contributed by atoms with Crippen LogP contribution in [-0.2, 0) is 11.3 Å². The Morgan fingerprint density at radius 1 is 1.14 bits per heavy atom. The van der Waals surface area contributed by atoms with Gasteiger partial charge in [0.05, 0.1) is 22.5 Å². The number of carbonyl (C=O) groups is 1. The monoisotopic (exact) mass is 419 g/mol. The number of benzene rings is 1. The van der Waals surface area contributed by atoms with E-state index < -0.39 is 0 Å². The van der Waals surface area contributed by atoms with Gasteiger partial charge in [-0.2, -0.15) is 0 Å². The lowest BCUT2D eigenvalue weighted by atomic mass is 10.0. The standard InChI is InChI=1S/C23H21N3OS2/c1-16(2)19-9-5-10-20-22(19)25-23(29-20)26(15-17-7-3-4-13-24-17)21(27)12-11-18-8-6-14-28-18/h3-14,16H,15H2,1-2H3/b12-11+. The first kappa shape index (κ1) is 19.5. The number of aromatic nitrogens is 2. The van der Waals surface area contributed by atoms with Crippen LogP contribution in [0.5, 0.6) is 0 Å². The lowest BCUT2D eigenvalue weighted by molar-refractivity contribution is -0.114. The average Bonchev–Trinajstić information content (AvgIpc) is 3.40. The molecule has 1 amide bonds. The van der Waals surface area contributed by atoms with Crippen molar-refractivity contribution in [1.82, 2.24) is 9.97 Å². The maximum Gasteiger partial charge on any atom is 0.253 e. The summed E-state index contributed by atoms with van der Waals surface area (Å²) in [4.78, 5) is 25.1. The molecule has 0 bridgehead atoms. The smallest absolute Gasteiger partial charge is 0.253 e. The van der Waals surface area contributed by atoms with Crippen molar-refractivity contribution in [2.45, 2.75) is 26.3 Å². The van der Waals surface area contributed by atoms with Gasteiger partial charge in [-0.1, -0.05) is 49.4 Å². The van der Waals surface area contributed by atoms with Crippen LogP contribution < -0.4 is 4.90 Å². The summed E-state index contributed by atoms with van der Waals surface area (Å²) in [5, 5.41) is 2.69. The Bertz CT molecular complexity index is 1130. The number of hydrogen-bond donors (Lipinski definition) is 0. The quantitative estimate of drug-likeness (QED) is 0.354. The third-order valence-corrected chi connectivity index (χ3v) is 6.42. The Morgan fingerprint density at radius 3 is 2.76 bits per heavy atom. The second-order valence-corrected chi connectivity index (χ2v) is 8.93. The Labute approximate surface area is 178 Å². The van der Waals surface area contributed by atoms with Crippen molar-refractivity contribution in [2.75, 3.05) is 4.90 Å². The molecule has 4 rings (SSSR count). The molecule has 0 atom stereocenters. The zero-order valence-electron chi connectivity index (χ0n) is 16.3. The minimum absolute atomic E-state index is 0.103. The Kier molecular flexibility index (Phi) is 5.83. The van der Waals surface area contributed by atoms with Gasteiger partial charge in [-0.25, -0.2) is 4.98 Å². The molecular formula is C23H21N3OS2. The number of anilines is 1. The molecule has 0 unspecified atom stereocenters. The number of pyridine rings is 1. The zero-order valence-corrected chi connectivity index (χ0v) is 17.9. The molecule has 0 radical (unpaired) electrons. The maximum absolute atomic E-state index is 13.1. The van der Waals surface area contributed by atoms with Gasteiger partial charge in [-0.3, -0.25) is 14.7 Å². The van der Waals surface area contributed by atoms with E-state index in [4.69, 9.17) is 4.98 Å². The molecule has 0 saturated heterocycles. The van der Waals surface area contributed by atoms with Gasteiger partial charge >= 0.3 is 0 Å². The van der Waals surface area contributed by atoms with E-state index in [0.717, 1.165) is 20.8 Å². The van der Waals surface area contributed by atoms with E-state index in [2.05, 4.69) is 37.0 Å². The van der Waals surface area contributed by atoms with E-state index in [9.17, 15) is 4.79 Å². The summed E-state index contributed by atoms with van der Waals surface area (Å²) in [6, 6.07) is 15.9. The largest absolute Gasteiger partial charge is 0.278 e. The van der Waals surface area contributed by atoms with E-state index >= 15 is 0 Å². The van der Waals surface area contributed by atoms with Crippen molar-refractivity contribution in [2.24, 2.45) is 0 Å². The van der Waals surface area contributed by atoms with E-state index in [1.165, 1.54) is 5.56 Å². The van der Waals surface area contributed by atoms with Gasteiger partial charge in [0.1, 0.15) is 0 Å². The molecule has 0 saturated carbocycles. The summed E-state index contributed by atoms with van der Waals surface area (Å²) in [7, 11) is 0. The van der Waals surface area contributed by atoms with Gasteiger partial charge in [0.25, 0.3) is 5.91 Å². The van der Waals surface area contributed by atoms with Crippen molar-refractivity contribution in [3.05, 3.63) is 82.3 Å². The lowest BCUT2D eigenvalue weighted by Gasteiger charge is -2.17. The topological polar surface area (TPSA) is 46.1 Å². The number of thiophene rings is 1. The van der Waals surface area contributed by atoms with Crippen molar-refractivity contribution < 1.29 is 4.79 Å². The SMILES string of the molecule is CC(C)c1cccc2sc(N(Cc3ccccn3)C(=O)/C=C/c3cccs3)nc12. The highest BCUT2D eigenvalue weighted by Gasteiger charge is 2.20. The van der Waals surface area contributed by atoms with E-state index in [0.29, 0.717) is 17.6 Å². The molecular weight excluding hydrogens is 398 g/mol. The van der Waals surface area contributed by atoms with Crippen molar-refractivity contribution in [3.63, 3.8) is 0 Å². The first-order valence-electron chi connectivity index (χ1n) is 9.44.